The Labute approximate surface area is 110 Å². The number of aryl methyl sites for hydroxylation is 2. The van der Waals surface area contributed by atoms with Crippen LogP contribution in [0.2, 0.25) is 0 Å². The molecule has 17 heavy (non-hydrogen) atoms. The van der Waals surface area contributed by atoms with E-state index < -0.39 is 0 Å². The van der Waals surface area contributed by atoms with Crippen LogP contribution in [-0.4, -0.2) is 0 Å². The molecule has 0 amide bonds. The average molecular weight is 294 g/mol. The van der Waals surface area contributed by atoms with Crippen molar-refractivity contribution in [2.45, 2.75) is 26.8 Å². The summed E-state index contributed by atoms with van der Waals surface area (Å²) in [6, 6.07) is 10.3. The van der Waals surface area contributed by atoms with E-state index in [0.717, 1.165) is 16.9 Å². The van der Waals surface area contributed by atoms with Gasteiger partial charge in [0.05, 0.1) is 6.54 Å². The molecule has 3 heteroatoms. The molecule has 1 heterocycles. The van der Waals surface area contributed by atoms with Gasteiger partial charge in [-0.2, -0.15) is 0 Å². The summed E-state index contributed by atoms with van der Waals surface area (Å²) >= 11 is 3.31. The summed E-state index contributed by atoms with van der Waals surface area (Å²) in [6.07, 6.45) is 1.03. The summed E-state index contributed by atoms with van der Waals surface area (Å²) in [5.74, 6) is 0.933. The molecule has 2 rings (SSSR count). The zero-order valence-corrected chi connectivity index (χ0v) is 11.7. The first-order valence-corrected chi connectivity index (χ1v) is 6.56. The largest absolute Gasteiger partial charge is 0.452 e. The molecule has 0 fully saturated rings. The molecular formula is C14H16BrNO. The first-order valence-electron chi connectivity index (χ1n) is 5.77. The van der Waals surface area contributed by atoms with Crippen LogP contribution >= 0.6 is 15.9 Å². The summed E-state index contributed by atoms with van der Waals surface area (Å²) in [5.41, 5.74) is 3.84. The van der Waals surface area contributed by atoms with Gasteiger partial charge in [-0.05, 0) is 52.5 Å². The van der Waals surface area contributed by atoms with E-state index in [1.165, 1.54) is 16.8 Å². The van der Waals surface area contributed by atoms with Gasteiger partial charge in [-0.3, -0.25) is 0 Å². The highest BCUT2D eigenvalue weighted by Crippen LogP contribution is 2.22. The zero-order chi connectivity index (χ0) is 12.3. The quantitative estimate of drug-likeness (QED) is 0.896. The number of rotatable bonds is 4. The van der Waals surface area contributed by atoms with Crippen LogP contribution in [0.5, 0.6) is 0 Å². The van der Waals surface area contributed by atoms with Crippen LogP contribution in [0.1, 0.15) is 23.8 Å². The topological polar surface area (TPSA) is 25.2 Å². The highest BCUT2D eigenvalue weighted by molar-refractivity contribution is 9.10. The van der Waals surface area contributed by atoms with Gasteiger partial charge in [0.25, 0.3) is 0 Å². The van der Waals surface area contributed by atoms with Crippen LogP contribution < -0.4 is 5.32 Å². The van der Waals surface area contributed by atoms with Crippen LogP contribution in [0.25, 0.3) is 0 Å². The van der Waals surface area contributed by atoms with Gasteiger partial charge in [0.15, 0.2) is 4.67 Å². The fourth-order valence-corrected chi connectivity index (χ4v) is 2.24. The molecule has 1 aromatic carbocycles. The molecule has 90 valence electrons. The van der Waals surface area contributed by atoms with Crippen molar-refractivity contribution >= 4 is 21.6 Å². The Balaban J connectivity index is 2.13. The van der Waals surface area contributed by atoms with Crippen molar-refractivity contribution < 1.29 is 4.42 Å². The van der Waals surface area contributed by atoms with E-state index in [0.29, 0.717) is 6.54 Å². The molecule has 0 aliphatic carbocycles. The first-order chi connectivity index (χ1) is 8.20. The molecule has 0 aliphatic heterocycles. The highest BCUT2D eigenvalue weighted by atomic mass is 79.9. The molecule has 0 atom stereocenters. The van der Waals surface area contributed by atoms with E-state index in [1.54, 1.807) is 0 Å². The summed E-state index contributed by atoms with van der Waals surface area (Å²) < 4.78 is 6.25. The fraction of sp³-hybridized carbons (Fsp3) is 0.286. The number of furan rings is 1. The lowest BCUT2D eigenvalue weighted by Crippen LogP contribution is -2.03. The Kier molecular flexibility index (Phi) is 3.89. The van der Waals surface area contributed by atoms with Crippen molar-refractivity contribution in [3.8, 4) is 0 Å². The van der Waals surface area contributed by atoms with Crippen LogP contribution in [0.4, 0.5) is 5.69 Å². The summed E-state index contributed by atoms with van der Waals surface area (Å²) in [4.78, 5) is 0. The van der Waals surface area contributed by atoms with Gasteiger partial charge < -0.3 is 9.73 Å². The van der Waals surface area contributed by atoms with Gasteiger partial charge in [-0.1, -0.05) is 25.1 Å². The Morgan fingerprint density at radius 3 is 2.71 bits per heavy atom. The normalized spacial score (nSPS) is 10.5. The molecule has 1 N–H and O–H groups in total. The molecule has 1 aromatic heterocycles. The molecule has 2 aromatic rings. The Hall–Kier alpha value is -1.22. The number of hydrogen-bond acceptors (Lipinski definition) is 2. The molecule has 0 aliphatic rings. The van der Waals surface area contributed by atoms with Gasteiger partial charge >= 0.3 is 0 Å². The van der Waals surface area contributed by atoms with Gasteiger partial charge in [0, 0.05) is 5.69 Å². The summed E-state index contributed by atoms with van der Waals surface area (Å²) in [6.45, 7) is 5.01. The Morgan fingerprint density at radius 1 is 1.24 bits per heavy atom. The maximum atomic E-state index is 5.47. The van der Waals surface area contributed by atoms with Gasteiger partial charge in [-0.15, -0.1) is 0 Å². The van der Waals surface area contributed by atoms with Crippen LogP contribution in [0.15, 0.2) is 39.4 Å². The lowest BCUT2D eigenvalue weighted by Gasteiger charge is -2.12. The van der Waals surface area contributed by atoms with Crippen LogP contribution in [0.3, 0.4) is 0 Å². The second-order valence-electron chi connectivity index (χ2n) is 4.02. The van der Waals surface area contributed by atoms with Crippen molar-refractivity contribution in [1.29, 1.82) is 0 Å². The first kappa shape index (κ1) is 12.2. The molecule has 0 spiro atoms. The maximum Gasteiger partial charge on any atom is 0.169 e. The number of para-hydroxylation sites is 1. The third kappa shape index (κ3) is 2.91. The number of nitrogens with one attached hydrogen (secondary N) is 1. The third-order valence-corrected chi connectivity index (χ3v) is 3.23. The minimum absolute atomic E-state index is 0.712. The Bertz CT molecular complexity index is 505. The average Bonchev–Trinajstić information content (AvgIpc) is 2.73. The van der Waals surface area contributed by atoms with Crippen molar-refractivity contribution in [1.82, 2.24) is 0 Å². The number of halogens is 1. The van der Waals surface area contributed by atoms with Crippen LogP contribution in [0, 0.1) is 6.92 Å². The van der Waals surface area contributed by atoms with Gasteiger partial charge in [-0.25, -0.2) is 0 Å². The molecule has 0 unspecified atom stereocenters. The van der Waals surface area contributed by atoms with E-state index in [9.17, 15) is 0 Å². The zero-order valence-electron chi connectivity index (χ0n) is 10.1. The van der Waals surface area contributed by atoms with E-state index in [-0.39, 0.29) is 0 Å². The third-order valence-electron chi connectivity index (χ3n) is 2.81. The minimum atomic E-state index is 0.712. The monoisotopic (exact) mass is 293 g/mol. The second kappa shape index (κ2) is 5.41. The minimum Gasteiger partial charge on any atom is -0.452 e. The lowest BCUT2D eigenvalue weighted by molar-refractivity contribution is 0.495. The van der Waals surface area contributed by atoms with Crippen molar-refractivity contribution in [2.75, 3.05) is 5.32 Å². The van der Waals surface area contributed by atoms with E-state index >= 15 is 0 Å². The molecule has 0 saturated carbocycles. The Morgan fingerprint density at radius 2 is 2.06 bits per heavy atom. The SMILES string of the molecule is CCc1cccc(C)c1NCc1ccc(Br)o1. The number of anilines is 1. The molecule has 2 nitrogen and oxygen atoms in total. The van der Waals surface area contributed by atoms with Crippen LogP contribution in [-0.2, 0) is 13.0 Å². The summed E-state index contributed by atoms with van der Waals surface area (Å²) in [5, 5.41) is 3.45. The lowest BCUT2D eigenvalue weighted by atomic mass is 10.1. The van der Waals surface area contributed by atoms with Gasteiger partial charge in [0.2, 0.25) is 0 Å². The van der Waals surface area contributed by atoms with Gasteiger partial charge in [0.1, 0.15) is 5.76 Å². The fourth-order valence-electron chi connectivity index (χ4n) is 1.90. The molecular weight excluding hydrogens is 278 g/mol. The molecule has 0 bridgehead atoms. The van der Waals surface area contributed by atoms with Crippen molar-refractivity contribution in [2.24, 2.45) is 0 Å². The smallest absolute Gasteiger partial charge is 0.169 e. The predicted octanol–water partition coefficient (Wildman–Crippen LogP) is 4.53. The van der Waals surface area contributed by atoms with E-state index in [1.807, 2.05) is 12.1 Å². The molecule has 0 radical (unpaired) electrons. The predicted molar refractivity (Wildman–Crippen MR) is 74.3 cm³/mol. The number of benzene rings is 1. The van der Waals surface area contributed by atoms with E-state index in [2.05, 4.69) is 53.3 Å². The summed E-state index contributed by atoms with van der Waals surface area (Å²) in [7, 11) is 0. The molecule has 0 saturated heterocycles. The van der Waals surface area contributed by atoms with E-state index in [4.69, 9.17) is 4.42 Å². The second-order valence-corrected chi connectivity index (χ2v) is 4.80. The maximum absolute atomic E-state index is 5.47. The van der Waals surface area contributed by atoms with Crippen molar-refractivity contribution in [3.05, 3.63) is 51.9 Å². The standard InChI is InChI=1S/C14H16BrNO/c1-3-11-6-4-5-10(2)14(11)16-9-12-7-8-13(15)17-12/h4-8,16H,3,9H2,1-2H3. The highest BCUT2D eigenvalue weighted by Gasteiger charge is 2.05. The number of hydrogen-bond donors (Lipinski definition) is 1. The van der Waals surface area contributed by atoms with Crippen molar-refractivity contribution in [3.63, 3.8) is 0 Å².